The van der Waals surface area contributed by atoms with Gasteiger partial charge < -0.3 is 9.64 Å². The summed E-state index contributed by atoms with van der Waals surface area (Å²) in [4.78, 5) is 13.8. The summed E-state index contributed by atoms with van der Waals surface area (Å²) in [6.45, 7) is 9.40. The fourth-order valence-electron chi connectivity index (χ4n) is 2.68. The molecule has 1 heterocycles. The van der Waals surface area contributed by atoms with Crippen LogP contribution in [0.1, 0.15) is 59.8 Å². The fraction of sp³-hybridized carbons (Fsp3) is 0.933. The molecule has 1 amide bonds. The third-order valence-corrected chi connectivity index (χ3v) is 3.78. The van der Waals surface area contributed by atoms with Crippen LogP contribution in [-0.2, 0) is 4.74 Å². The average Bonchev–Trinajstić information content (AvgIpc) is 2.82. The number of likely N-dealkylation sites (tertiary alicyclic amines) is 1. The number of nitrogens with one attached hydrogen (secondary N) is 1. The van der Waals surface area contributed by atoms with E-state index in [4.69, 9.17) is 10.6 Å². The summed E-state index contributed by atoms with van der Waals surface area (Å²) < 4.78 is 5.42. The Hall–Kier alpha value is -0.810. The third kappa shape index (κ3) is 5.67. The van der Waals surface area contributed by atoms with E-state index in [0.717, 1.165) is 25.9 Å². The van der Waals surface area contributed by atoms with Crippen LogP contribution in [0.25, 0.3) is 0 Å². The molecule has 0 aromatic carbocycles. The van der Waals surface area contributed by atoms with Crippen molar-refractivity contribution < 1.29 is 9.53 Å². The van der Waals surface area contributed by atoms with E-state index in [0.29, 0.717) is 12.0 Å². The Balaban J connectivity index is 2.42. The Morgan fingerprint density at radius 1 is 1.45 bits per heavy atom. The van der Waals surface area contributed by atoms with Crippen LogP contribution in [0.4, 0.5) is 4.79 Å². The molecule has 1 saturated heterocycles. The summed E-state index contributed by atoms with van der Waals surface area (Å²) in [6, 6.07) is 0.300. The molecule has 0 bridgehead atoms. The maximum absolute atomic E-state index is 12.0. The van der Waals surface area contributed by atoms with Gasteiger partial charge in [-0.2, -0.15) is 0 Å². The first-order valence-electron chi connectivity index (χ1n) is 7.81. The fourth-order valence-corrected chi connectivity index (χ4v) is 2.68. The molecule has 2 atom stereocenters. The molecular formula is C15H31N3O2. The molecule has 3 N–H and O–H groups in total. The zero-order valence-electron chi connectivity index (χ0n) is 13.4. The predicted molar refractivity (Wildman–Crippen MR) is 81.2 cm³/mol. The number of nitrogens with zero attached hydrogens (tertiary/aromatic N) is 1. The second-order valence-electron chi connectivity index (χ2n) is 6.74. The second-order valence-corrected chi connectivity index (χ2v) is 6.74. The second kappa shape index (κ2) is 7.84. The van der Waals surface area contributed by atoms with Crippen molar-refractivity contribution in [3.63, 3.8) is 0 Å². The molecule has 2 unspecified atom stereocenters. The maximum atomic E-state index is 12.0. The number of carbonyl (C=O) groups is 1. The van der Waals surface area contributed by atoms with Gasteiger partial charge in [-0.15, -0.1) is 0 Å². The zero-order chi connectivity index (χ0) is 15.2. The molecule has 0 aromatic heterocycles. The molecule has 1 rings (SSSR count). The lowest BCUT2D eigenvalue weighted by Crippen LogP contribution is -2.43. The number of unbranched alkanes of at least 4 members (excludes halogenated alkanes) is 2. The minimum Gasteiger partial charge on any atom is -0.444 e. The van der Waals surface area contributed by atoms with Crippen molar-refractivity contribution in [2.24, 2.45) is 11.8 Å². The normalized spacial score (nSPS) is 21.1. The number of ether oxygens (including phenoxy) is 1. The molecular weight excluding hydrogens is 254 g/mol. The summed E-state index contributed by atoms with van der Waals surface area (Å²) in [7, 11) is 0. The van der Waals surface area contributed by atoms with Gasteiger partial charge in [0.2, 0.25) is 0 Å². The molecule has 0 saturated carbocycles. The minimum absolute atomic E-state index is 0.204. The van der Waals surface area contributed by atoms with E-state index >= 15 is 0 Å². The molecule has 1 aliphatic rings. The Bertz CT molecular complexity index is 302. The summed E-state index contributed by atoms with van der Waals surface area (Å²) >= 11 is 0. The van der Waals surface area contributed by atoms with Gasteiger partial charge in [0.15, 0.2) is 0 Å². The van der Waals surface area contributed by atoms with Crippen molar-refractivity contribution in [1.29, 1.82) is 0 Å². The monoisotopic (exact) mass is 285 g/mol. The molecule has 118 valence electrons. The molecule has 0 aliphatic carbocycles. The highest BCUT2D eigenvalue weighted by molar-refractivity contribution is 5.68. The quantitative estimate of drug-likeness (QED) is 0.447. The van der Waals surface area contributed by atoms with Gasteiger partial charge in [-0.1, -0.05) is 26.2 Å². The topological polar surface area (TPSA) is 67.6 Å². The molecule has 20 heavy (non-hydrogen) atoms. The third-order valence-electron chi connectivity index (χ3n) is 3.78. The van der Waals surface area contributed by atoms with Crippen LogP contribution in [0.2, 0.25) is 0 Å². The van der Waals surface area contributed by atoms with Crippen molar-refractivity contribution in [3.05, 3.63) is 0 Å². The highest BCUT2D eigenvalue weighted by Crippen LogP contribution is 2.24. The Kier molecular flexibility index (Phi) is 6.76. The lowest BCUT2D eigenvalue weighted by Gasteiger charge is -2.26. The van der Waals surface area contributed by atoms with Gasteiger partial charge >= 0.3 is 6.09 Å². The van der Waals surface area contributed by atoms with Crippen molar-refractivity contribution >= 4 is 6.09 Å². The Morgan fingerprint density at radius 3 is 2.70 bits per heavy atom. The van der Waals surface area contributed by atoms with Crippen LogP contribution < -0.4 is 11.3 Å². The Labute approximate surface area is 123 Å². The van der Waals surface area contributed by atoms with Crippen molar-refractivity contribution in [2.45, 2.75) is 71.4 Å². The predicted octanol–water partition coefficient (Wildman–Crippen LogP) is 2.66. The van der Waals surface area contributed by atoms with Gasteiger partial charge in [-0.3, -0.25) is 11.3 Å². The van der Waals surface area contributed by atoms with Crippen LogP contribution in [0.15, 0.2) is 0 Å². The van der Waals surface area contributed by atoms with E-state index in [1.807, 2.05) is 20.8 Å². The average molecular weight is 285 g/mol. The van der Waals surface area contributed by atoms with Gasteiger partial charge in [0.1, 0.15) is 5.60 Å². The van der Waals surface area contributed by atoms with E-state index in [1.54, 1.807) is 4.90 Å². The van der Waals surface area contributed by atoms with Crippen molar-refractivity contribution in [2.75, 3.05) is 13.1 Å². The SMILES string of the molecule is CCCCCC(NN)C1CCN(C(=O)OC(C)(C)C)C1. The van der Waals surface area contributed by atoms with Crippen LogP contribution in [0.5, 0.6) is 0 Å². The van der Waals surface area contributed by atoms with E-state index in [-0.39, 0.29) is 6.09 Å². The lowest BCUT2D eigenvalue weighted by atomic mass is 9.94. The van der Waals surface area contributed by atoms with Crippen LogP contribution in [-0.4, -0.2) is 35.7 Å². The number of amides is 1. The number of rotatable bonds is 6. The van der Waals surface area contributed by atoms with Gasteiger partial charge in [0.25, 0.3) is 0 Å². The van der Waals surface area contributed by atoms with Gasteiger partial charge in [0.05, 0.1) is 0 Å². The highest BCUT2D eigenvalue weighted by atomic mass is 16.6. The number of nitrogens with two attached hydrogens (primary N) is 1. The standard InChI is InChI=1S/C15H31N3O2/c1-5-6-7-8-13(17-16)12-9-10-18(11-12)14(19)20-15(2,3)4/h12-13,17H,5-11,16H2,1-4H3. The van der Waals surface area contributed by atoms with Crippen LogP contribution in [0, 0.1) is 5.92 Å². The van der Waals surface area contributed by atoms with Crippen molar-refractivity contribution in [1.82, 2.24) is 10.3 Å². The van der Waals surface area contributed by atoms with Crippen LogP contribution in [0.3, 0.4) is 0 Å². The number of carbonyl (C=O) groups excluding carboxylic acids is 1. The van der Waals surface area contributed by atoms with Gasteiger partial charge in [-0.25, -0.2) is 4.79 Å². The lowest BCUT2D eigenvalue weighted by molar-refractivity contribution is 0.0285. The van der Waals surface area contributed by atoms with E-state index in [9.17, 15) is 4.79 Å². The number of hydrazine groups is 1. The first kappa shape index (κ1) is 17.2. The smallest absolute Gasteiger partial charge is 0.410 e. The minimum atomic E-state index is -0.429. The molecule has 0 radical (unpaired) electrons. The highest BCUT2D eigenvalue weighted by Gasteiger charge is 2.33. The molecule has 1 fully saturated rings. The molecule has 1 aliphatic heterocycles. The van der Waals surface area contributed by atoms with Gasteiger partial charge in [0, 0.05) is 19.1 Å². The van der Waals surface area contributed by atoms with E-state index < -0.39 is 5.60 Å². The van der Waals surface area contributed by atoms with Gasteiger partial charge in [-0.05, 0) is 39.5 Å². The Morgan fingerprint density at radius 2 is 2.15 bits per heavy atom. The molecule has 5 nitrogen and oxygen atoms in total. The first-order valence-corrected chi connectivity index (χ1v) is 7.81. The molecule has 0 aromatic rings. The summed E-state index contributed by atoms with van der Waals surface area (Å²) in [5.41, 5.74) is 2.50. The number of hydrogen-bond acceptors (Lipinski definition) is 4. The largest absolute Gasteiger partial charge is 0.444 e. The van der Waals surface area contributed by atoms with Crippen LogP contribution >= 0.6 is 0 Å². The van der Waals surface area contributed by atoms with E-state index in [2.05, 4.69) is 12.3 Å². The van der Waals surface area contributed by atoms with E-state index in [1.165, 1.54) is 19.3 Å². The first-order chi connectivity index (χ1) is 9.37. The van der Waals surface area contributed by atoms with Crippen molar-refractivity contribution in [3.8, 4) is 0 Å². The summed E-state index contributed by atoms with van der Waals surface area (Å²) in [6.07, 6.45) is 5.52. The zero-order valence-corrected chi connectivity index (χ0v) is 13.4. The summed E-state index contributed by atoms with van der Waals surface area (Å²) in [5.74, 6) is 6.11. The number of hydrogen-bond donors (Lipinski definition) is 2. The molecule has 5 heteroatoms. The molecule has 0 spiro atoms. The maximum Gasteiger partial charge on any atom is 0.410 e. The summed E-state index contributed by atoms with van der Waals surface area (Å²) in [5, 5.41) is 0.